The molecule has 74 valence electrons. The van der Waals surface area contributed by atoms with Crippen LogP contribution in [0.5, 0.6) is 0 Å². The Bertz CT molecular complexity index is 135. The third kappa shape index (κ3) is 2.99. The van der Waals surface area contributed by atoms with Crippen molar-refractivity contribution in [2.24, 2.45) is 11.1 Å². The van der Waals surface area contributed by atoms with Crippen LogP contribution in [-0.2, 0) is 4.79 Å². The summed E-state index contributed by atoms with van der Waals surface area (Å²) in [6.45, 7) is 4.24. The lowest BCUT2D eigenvalue weighted by Crippen LogP contribution is -2.32. The highest BCUT2D eigenvalue weighted by atomic mass is 35.5. The summed E-state index contributed by atoms with van der Waals surface area (Å²) in [6, 6.07) is 0. The summed E-state index contributed by atoms with van der Waals surface area (Å²) in [5.41, 5.74) is 4.77. The van der Waals surface area contributed by atoms with E-state index >= 15 is 0 Å². The molecule has 0 saturated heterocycles. The van der Waals surface area contributed by atoms with Crippen molar-refractivity contribution in [2.75, 3.05) is 6.54 Å². The lowest BCUT2D eigenvalue weighted by Gasteiger charge is -2.25. The summed E-state index contributed by atoms with van der Waals surface area (Å²) in [5, 5.41) is 8.90. The Hall–Kier alpha value is -0.280. The summed E-state index contributed by atoms with van der Waals surface area (Å²) in [5.74, 6) is -0.715. The lowest BCUT2D eigenvalue weighted by molar-refractivity contribution is -0.149. The van der Waals surface area contributed by atoms with Crippen molar-refractivity contribution in [3.8, 4) is 0 Å². The van der Waals surface area contributed by atoms with Gasteiger partial charge in [0.25, 0.3) is 0 Å². The molecular weight excluding hydrogens is 178 g/mol. The van der Waals surface area contributed by atoms with E-state index in [4.69, 9.17) is 10.8 Å². The van der Waals surface area contributed by atoms with Gasteiger partial charge >= 0.3 is 5.97 Å². The summed E-state index contributed by atoms with van der Waals surface area (Å²) in [7, 11) is 0. The van der Waals surface area contributed by atoms with Gasteiger partial charge in [-0.1, -0.05) is 13.8 Å². The van der Waals surface area contributed by atoms with Crippen molar-refractivity contribution in [2.45, 2.75) is 33.1 Å². The number of aliphatic carboxylic acids is 1. The van der Waals surface area contributed by atoms with E-state index in [2.05, 4.69) is 0 Å². The first-order chi connectivity index (χ1) is 5.13. The maximum absolute atomic E-state index is 10.8. The molecule has 0 rings (SSSR count). The second-order valence-corrected chi connectivity index (χ2v) is 2.83. The third-order valence-electron chi connectivity index (χ3n) is 2.43. The number of hydrogen-bond acceptors (Lipinski definition) is 2. The second kappa shape index (κ2) is 6.26. The van der Waals surface area contributed by atoms with Crippen LogP contribution < -0.4 is 5.73 Å². The Balaban J connectivity index is 0. The SMILES string of the molecule is CCC(CC)(CCN)C(=O)O.Cl. The molecule has 0 aliphatic carbocycles. The largest absolute Gasteiger partial charge is 0.481 e. The second-order valence-electron chi connectivity index (χ2n) is 2.83. The molecule has 0 radical (unpaired) electrons. The van der Waals surface area contributed by atoms with Crippen LogP contribution in [0.4, 0.5) is 0 Å². The fraction of sp³-hybridized carbons (Fsp3) is 0.875. The van der Waals surface area contributed by atoms with Gasteiger partial charge < -0.3 is 10.8 Å². The van der Waals surface area contributed by atoms with Crippen molar-refractivity contribution in [1.82, 2.24) is 0 Å². The highest BCUT2D eigenvalue weighted by Crippen LogP contribution is 2.29. The minimum Gasteiger partial charge on any atom is -0.481 e. The first kappa shape index (κ1) is 14.3. The van der Waals surface area contributed by atoms with Crippen molar-refractivity contribution in [3.05, 3.63) is 0 Å². The fourth-order valence-electron chi connectivity index (χ4n) is 1.29. The zero-order chi connectivity index (χ0) is 8.91. The first-order valence-corrected chi connectivity index (χ1v) is 4.06. The summed E-state index contributed by atoms with van der Waals surface area (Å²) in [6.07, 6.45) is 1.90. The number of nitrogens with two attached hydrogens (primary N) is 1. The number of carboxylic acids is 1. The average Bonchev–Trinajstić information content (AvgIpc) is 2.00. The van der Waals surface area contributed by atoms with E-state index in [-0.39, 0.29) is 12.4 Å². The Labute approximate surface area is 79.7 Å². The molecule has 0 amide bonds. The highest BCUT2D eigenvalue weighted by Gasteiger charge is 2.33. The quantitative estimate of drug-likeness (QED) is 0.701. The standard InChI is InChI=1S/C8H17NO2.ClH/c1-3-8(4-2,5-6-9)7(10)11;/h3-6,9H2,1-2H3,(H,10,11);1H. The molecule has 4 heteroatoms. The Kier molecular flexibility index (Phi) is 7.44. The zero-order valence-electron chi connectivity index (χ0n) is 7.67. The number of carboxylic acid groups (broad SMARTS) is 1. The predicted molar refractivity (Wildman–Crippen MR) is 51.6 cm³/mol. The van der Waals surface area contributed by atoms with Crippen molar-refractivity contribution >= 4 is 18.4 Å². The van der Waals surface area contributed by atoms with Crippen LogP contribution in [0.15, 0.2) is 0 Å². The Morgan fingerprint density at radius 1 is 1.42 bits per heavy atom. The van der Waals surface area contributed by atoms with Gasteiger partial charge in [-0.2, -0.15) is 0 Å². The van der Waals surface area contributed by atoms with Gasteiger partial charge in [0.05, 0.1) is 5.41 Å². The van der Waals surface area contributed by atoms with E-state index in [1.807, 2.05) is 13.8 Å². The van der Waals surface area contributed by atoms with Crippen LogP contribution in [0.25, 0.3) is 0 Å². The van der Waals surface area contributed by atoms with Crippen molar-refractivity contribution in [1.29, 1.82) is 0 Å². The average molecular weight is 196 g/mol. The Morgan fingerprint density at radius 3 is 1.92 bits per heavy atom. The van der Waals surface area contributed by atoms with E-state index in [1.165, 1.54) is 0 Å². The maximum Gasteiger partial charge on any atom is 0.309 e. The normalized spacial score (nSPS) is 10.6. The van der Waals surface area contributed by atoms with Crippen LogP contribution in [0.3, 0.4) is 0 Å². The van der Waals surface area contributed by atoms with Crippen molar-refractivity contribution in [3.63, 3.8) is 0 Å². The van der Waals surface area contributed by atoms with Crippen LogP contribution in [-0.4, -0.2) is 17.6 Å². The molecule has 0 aromatic heterocycles. The molecule has 0 fully saturated rings. The molecule has 3 nitrogen and oxygen atoms in total. The molecule has 0 atom stereocenters. The van der Waals surface area contributed by atoms with Crippen LogP contribution in [0.1, 0.15) is 33.1 Å². The van der Waals surface area contributed by atoms with Gasteiger partial charge in [0, 0.05) is 0 Å². The lowest BCUT2D eigenvalue weighted by atomic mass is 9.79. The molecule has 0 aliphatic heterocycles. The van der Waals surface area contributed by atoms with Crippen LogP contribution >= 0.6 is 12.4 Å². The topological polar surface area (TPSA) is 63.3 Å². The monoisotopic (exact) mass is 195 g/mol. The molecule has 12 heavy (non-hydrogen) atoms. The van der Waals surface area contributed by atoms with Gasteiger partial charge in [-0.05, 0) is 25.8 Å². The molecule has 0 saturated carbocycles. The van der Waals surface area contributed by atoms with Gasteiger partial charge in [0.2, 0.25) is 0 Å². The molecule has 0 unspecified atom stereocenters. The van der Waals surface area contributed by atoms with E-state index in [1.54, 1.807) is 0 Å². The minimum atomic E-state index is -0.715. The zero-order valence-corrected chi connectivity index (χ0v) is 8.49. The van der Waals surface area contributed by atoms with Gasteiger partial charge in [-0.15, -0.1) is 12.4 Å². The van der Waals surface area contributed by atoms with Crippen molar-refractivity contribution < 1.29 is 9.90 Å². The van der Waals surface area contributed by atoms with Crippen LogP contribution in [0, 0.1) is 5.41 Å². The van der Waals surface area contributed by atoms with E-state index < -0.39 is 11.4 Å². The molecule has 0 heterocycles. The molecule has 3 N–H and O–H groups in total. The molecule has 0 bridgehead atoms. The van der Waals surface area contributed by atoms with E-state index in [0.29, 0.717) is 25.8 Å². The maximum atomic E-state index is 10.8. The molecule has 0 aliphatic rings. The van der Waals surface area contributed by atoms with E-state index in [9.17, 15) is 4.79 Å². The van der Waals surface area contributed by atoms with Gasteiger partial charge in [-0.3, -0.25) is 4.79 Å². The summed E-state index contributed by atoms with van der Waals surface area (Å²) < 4.78 is 0. The van der Waals surface area contributed by atoms with Gasteiger partial charge in [-0.25, -0.2) is 0 Å². The van der Waals surface area contributed by atoms with E-state index in [0.717, 1.165) is 0 Å². The number of rotatable bonds is 5. The van der Waals surface area contributed by atoms with Gasteiger partial charge in [0.15, 0.2) is 0 Å². The number of halogens is 1. The highest BCUT2D eigenvalue weighted by molar-refractivity contribution is 5.85. The van der Waals surface area contributed by atoms with Gasteiger partial charge in [0.1, 0.15) is 0 Å². The molecule has 0 aromatic rings. The first-order valence-electron chi connectivity index (χ1n) is 4.06. The summed E-state index contributed by atoms with van der Waals surface area (Å²) in [4.78, 5) is 10.8. The number of carbonyl (C=O) groups is 1. The molecule has 0 spiro atoms. The predicted octanol–water partition coefficient (Wildman–Crippen LogP) is 1.65. The minimum absolute atomic E-state index is 0. The smallest absolute Gasteiger partial charge is 0.309 e. The summed E-state index contributed by atoms with van der Waals surface area (Å²) >= 11 is 0. The molecule has 0 aromatic carbocycles. The Morgan fingerprint density at radius 2 is 1.83 bits per heavy atom. The third-order valence-corrected chi connectivity index (χ3v) is 2.43. The molecular formula is C8H18ClNO2. The number of hydrogen-bond donors (Lipinski definition) is 2. The fourth-order valence-corrected chi connectivity index (χ4v) is 1.29. The van der Waals surface area contributed by atoms with Crippen LogP contribution in [0.2, 0.25) is 0 Å².